The molecule has 2 aromatic carbocycles. The second kappa shape index (κ2) is 3.63. The van der Waals surface area contributed by atoms with Crippen LogP contribution in [0.2, 0.25) is 0 Å². The molecule has 0 aliphatic heterocycles. The van der Waals surface area contributed by atoms with Crippen LogP contribution in [0.15, 0.2) is 48.5 Å². The number of hydrogen-bond acceptors (Lipinski definition) is 2. The number of benzene rings is 2. The predicted molar refractivity (Wildman–Crippen MR) is 64.4 cm³/mol. The minimum absolute atomic E-state index is 0.375. The summed E-state index contributed by atoms with van der Waals surface area (Å²) >= 11 is 0. The molecule has 0 saturated heterocycles. The van der Waals surface area contributed by atoms with Crippen LogP contribution in [0, 0.1) is 0 Å². The first-order valence-corrected chi connectivity index (χ1v) is 5.41. The highest BCUT2D eigenvalue weighted by molar-refractivity contribution is 5.79. The number of primary amides is 1. The monoisotopic (exact) mass is 225 g/mol. The van der Waals surface area contributed by atoms with Crippen molar-refractivity contribution < 1.29 is 9.53 Å². The first-order chi connectivity index (χ1) is 8.27. The zero-order valence-electron chi connectivity index (χ0n) is 9.09. The van der Waals surface area contributed by atoms with Crippen LogP contribution in [0.5, 0.6) is 0 Å². The van der Waals surface area contributed by atoms with Gasteiger partial charge < -0.3 is 10.5 Å². The van der Waals surface area contributed by atoms with Gasteiger partial charge in [-0.1, -0.05) is 48.5 Å². The van der Waals surface area contributed by atoms with Gasteiger partial charge in [-0.25, -0.2) is 4.79 Å². The summed E-state index contributed by atoms with van der Waals surface area (Å²) in [7, 11) is 0. The maximum Gasteiger partial charge on any atom is 0.405 e. The summed E-state index contributed by atoms with van der Waals surface area (Å²) in [6, 6.07) is 15.8. The Labute approximate surface area is 98.8 Å². The van der Waals surface area contributed by atoms with Crippen LogP contribution in [0.3, 0.4) is 0 Å². The highest BCUT2D eigenvalue weighted by atomic mass is 16.6. The van der Waals surface area contributed by atoms with Crippen LogP contribution in [0.1, 0.15) is 17.2 Å². The van der Waals surface area contributed by atoms with Gasteiger partial charge in [0.15, 0.2) is 6.10 Å². The molecule has 0 atom stereocenters. The molecule has 1 amide bonds. The Balaban J connectivity index is 2.20. The average Bonchev–Trinajstić information content (AvgIpc) is 2.65. The second-order valence-corrected chi connectivity index (χ2v) is 3.99. The van der Waals surface area contributed by atoms with Crippen LogP contribution in [0.25, 0.3) is 11.1 Å². The molecule has 2 aromatic rings. The second-order valence-electron chi connectivity index (χ2n) is 3.99. The van der Waals surface area contributed by atoms with E-state index in [2.05, 4.69) is 0 Å². The van der Waals surface area contributed by atoms with E-state index in [1.807, 2.05) is 48.5 Å². The molecule has 3 heteroatoms. The summed E-state index contributed by atoms with van der Waals surface area (Å²) < 4.78 is 5.20. The van der Waals surface area contributed by atoms with Gasteiger partial charge >= 0.3 is 6.09 Å². The molecule has 0 fully saturated rings. The summed E-state index contributed by atoms with van der Waals surface area (Å²) in [5.41, 5.74) is 9.32. The van der Waals surface area contributed by atoms with Gasteiger partial charge in [-0.3, -0.25) is 0 Å². The molecule has 0 spiro atoms. The lowest BCUT2D eigenvalue weighted by molar-refractivity contribution is 0.128. The fourth-order valence-corrected chi connectivity index (χ4v) is 2.35. The van der Waals surface area contributed by atoms with E-state index in [4.69, 9.17) is 10.5 Å². The first kappa shape index (κ1) is 9.90. The Hall–Kier alpha value is -2.29. The summed E-state index contributed by atoms with van der Waals surface area (Å²) in [6.45, 7) is 0. The lowest BCUT2D eigenvalue weighted by atomic mass is 10.1. The largest absolute Gasteiger partial charge is 0.437 e. The van der Waals surface area contributed by atoms with Crippen LogP contribution >= 0.6 is 0 Å². The number of ether oxygens (including phenoxy) is 1. The Bertz CT molecular complexity index is 547. The lowest BCUT2D eigenvalue weighted by Crippen LogP contribution is -2.16. The minimum Gasteiger partial charge on any atom is -0.437 e. The summed E-state index contributed by atoms with van der Waals surface area (Å²) in [6.07, 6.45) is -1.12. The van der Waals surface area contributed by atoms with E-state index < -0.39 is 6.09 Å². The average molecular weight is 225 g/mol. The fraction of sp³-hybridized carbons (Fsp3) is 0.0714. The standard InChI is InChI=1S/C14H11NO2/c15-14(16)17-13-11-7-3-1-5-9(11)10-6-2-4-8-12(10)13/h1-8,13H,(H2,15,16). The van der Waals surface area contributed by atoms with Crippen molar-refractivity contribution in [2.24, 2.45) is 5.73 Å². The van der Waals surface area contributed by atoms with Crippen molar-refractivity contribution in [3.8, 4) is 11.1 Å². The molecule has 3 rings (SSSR count). The molecule has 0 unspecified atom stereocenters. The number of carbonyl (C=O) groups is 1. The number of hydrogen-bond donors (Lipinski definition) is 1. The summed E-state index contributed by atoms with van der Waals surface area (Å²) in [5, 5.41) is 0. The normalized spacial score (nSPS) is 12.9. The van der Waals surface area contributed by atoms with E-state index >= 15 is 0 Å². The molecule has 2 N–H and O–H groups in total. The zero-order chi connectivity index (χ0) is 11.8. The Morgan fingerprint density at radius 1 is 0.941 bits per heavy atom. The predicted octanol–water partition coefficient (Wildman–Crippen LogP) is 2.85. The van der Waals surface area contributed by atoms with E-state index in [-0.39, 0.29) is 6.10 Å². The number of carbonyl (C=O) groups excluding carboxylic acids is 1. The molecule has 0 heterocycles. The Morgan fingerprint density at radius 2 is 1.41 bits per heavy atom. The van der Waals surface area contributed by atoms with Gasteiger partial charge in [-0.05, 0) is 11.1 Å². The third kappa shape index (κ3) is 1.47. The van der Waals surface area contributed by atoms with Crippen molar-refractivity contribution in [2.45, 2.75) is 6.10 Å². The van der Waals surface area contributed by atoms with Crippen LogP contribution in [-0.4, -0.2) is 6.09 Å². The van der Waals surface area contributed by atoms with E-state index in [0.29, 0.717) is 0 Å². The number of nitrogens with two attached hydrogens (primary N) is 1. The highest BCUT2D eigenvalue weighted by Gasteiger charge is 2.30. The van der Waals surface area contributed by atoms with E-state index in [9.17, 15) is 4.79 Å². The minimum atomic E-state index is -0.749. The molecule has 0 saturated carbocycles. The smallest absolute Gasteiger partial charge is 0.405 e. The molecule has 1 aliphatic rings. The van der Waals surface area contributed by atoms with Gasteiger partial charge in [0, 0.05) is 11.1 Å². The first-order valence-electron chi connectivity index (χ1n) is 5.41. The topological polar surface area (TPSA) is 52.3 Å². The van der Waals surface area contributed by atoms with Crippen molar-refractivity contribution in [1.82, 2.24) is 0 Å². The zero-order valence-corrected chi connectivity index (χ0v) is 9.09. The SMILES string of the molecule is NC(=O)OC1c2ccccc2-c2ccccc21. The fourth-order valence-electron chi connectivity index (χ4n) is 2.35. The van der Waals surface area contributed by atoms with E-state index in [1.165, 1.54) is 0 Å². The third-order valence-corrected chi connectivity index (χ3v) is 3.01. The van der Waals surface area contributed by atoms with Crippen LogP contribution < -0.4 is 5.73 Å². The number of amides is 1. The summed E-state index contributed by atoms with van der Waals surface area (Å²) in [4.78, 5) is 11.0. The number of fused-ring (bicyclic) bond motifs is 3. The van der Waals surface area contributed by atoms with Gasteiger partial charge in [-0.2, -0.15) is 0 Å². The summed E-state index contributed by atoms with van der Waals surface area (Å²) in [5.74, 6) is 0. The van der Waals surface area contributed by atoms with Crippen molar-refractivity contribution in [3.63, 3.8) is 0 Å². The molecule has 1 aliphatic carbocycles. The Kier molecular flexibility index (Phi) is 2.11. The van der Waals surface area contributed by atoms with Crippen LogP contribution in [0.4, 0.5) is 4.79 Å². The van der Waals surface area contributed by atoms with E-state index in [0.717, 1.165) is 22.3 Å². The molecule has 0 radical (unpaired) electrons. The molecule has 17 heavy (non-hydrogen) atoms. The van der Waals surface area contributed by atoms with Crippen LogP contribution in [-0.2, 0) is 4.74 Å². The van der Waals surface area contributed by atoms with Crippen molar-refractivity contribution in [3.05, 3.63) is 59.7 Å². The lowest BCUT2D eigenvalue weighted by Gasteiger charge is -2.12. The molecule has 0 bridgehead atoms. The molecular weight excluding hydrogens is 214 g/mol. The van der Waals surface area contributed by atoms with Gasteiger partial charge in [0.2, 0.25) is 0 Å². The Morgan fingerprint density at radius 3 is 1.88 bits per heavy atom. The molecule has 84 valence electrons. The van der Waals surface area contributed by atoms with Gasteiger partial charge in [-0.15, -0.1) is 0 Å². The van der Waals surface area contributed by atoms with Gasteiger partial charge in [0.1, 0.15) is 0 Å². The van der Waals surface area contributed by atoms with E-state index in [1.54, 1.807) is 0 Å². The van der Waals surface area contributed by atoms with Gasteiger partial charge in [0.25, 0.3) is 0 Å². The maximum absolute atomic E-state index is 11.0. The molecule has 3 nitrogen and oxygen atoms in total. The quantitative estimate of drug-likeness (QED) is 0.811. The molecule has 0 aromatic heterocycles. The highest BCUT2D eigenvalue weighted by Crippen LogP contribution is 2.44. The van der Waals surface area contributed by atoms with Crippen molar-refractivity contribution >= 4 is 6.09 Å². The maximum atomic E-state index is 11.0. The van der Waals surface area contributed by atoms with Crippen molar-refractivity contribution in [2.75, 3.05) is 0 Å². The van der Waals surface area contributed by atoms with Crippen molar-refractivity contribution in [1.29, 1.82) is 0 Å². The van der Waals surface area contributed by atoms with Gasteiger partial charge in [0.05, 0.1) is 0 Å². The molecular formula is C14H11NO2. The third-order valence-electron chi connectivity index (χ3n) is 3.01. The number of rotatable bonds is 1.